The lowest BCUT2D eigenvalue weighted by atomic mass is 9.82. The summed E-state index contributed by atoms with van der Waals surface area (Å²) >= 11 is 3.42. The predicted molar refractivity (Wildman–Crippen MR) is 83.2 cm³/mol. The molecule has 22 heavy (non-hydrogen) atoms. The summed E-state index contributed by atoms with van der Waals surface area (Å²) in [4.78, 5) is 23.4. The van der Waals surface area contributed by atoms with E-state index in [1.54, 1.807) is 0 Å². The second kappa shape index (κ2) is 6.01. The molecule has 0 unspecified atom stereocenters. The molecule has 2 N–H and O–H groups in total. The third-order valence-corrected chi connectivity index (χ3v) is 5.08. The highest BCUT2D eigenvalue weighted by atomic mass is 79.9. The first-order chi connectivity index (χ1) is 10.5. The molecule has 1 saturated carbocycles. The Labute approximate surface area is 137 Å². The molecule has 118 valence electrons. The quantitative estimate of drug-likeness (QED) is 0.855. The predicted octanol–water partition coefficient (Wildman–Crippen LogP) is 2.29. The summed E-state index contributed by atoms with van der Waals surface area (Å²) in [6.07, 6.45) is 1.84. The van der Waals surface area contributed by atoms with Crippen LogP contribution in [0.5, 0.6) is 0 Å². The number of benzene rings is 1. The third kappa shape index (κ3) is 3.03. The Balaban J connectivity index is 1.79. The number of ether oxygens (including phenoxy) is 1. The minimum absolute atomic E-state index is 0.155. The van der Waals surface area contributed by atoms with Crippen molar-refractivity contribution in [2.45, 2.75) is 24.8 Å². The summed E-state index contributed by atoms with van der Waals surface area (Å²) in [6.45, 7) is 1.17. The standard InChI is InChI=1S/C16H18BrNO4/c17-11-3-1-10(2-4-11)16(5-7-22-8-6-16)18-14(19)12-9-13(12)15(20)21/h1-4,12-13H,5-9H2,(H,18,19)(H,20,21)/t12-,13-/m0/s1. The van der Waals surface area contributed by atoms with Crippen molar-refractivity contribution in [3.8, 4) is 0 Å². The Kier molecular flexibility index (Phi) is 4.23. The van der Waals surface area contributed by atoms with Crippen molar-refractivity contribution in [1.29, 1.82) is 0 Å². The van der Waals surface area contributed by atoms with E-state index in [2.05, 4.69) is 21.2 Å². The Morgan fingerprint density at radius 3 is 2.36 bits per heavy atom. The van der Waals surface area contributed by atoms with E-state index in [1.807, 2.05) is 24.3 Å². The summed E-state index contributed by atoms with van der Waals surface area (Å²) in [5.41, 5.74) is 0.585. The lowest BCUT2D eigenvalue weighted by molar-refractivity contribution is -0.140. The maximum atomic E-state index is 12.4. The molecule has 2 fully saturated rings. The molecule has 2 atom stereocenters. The maximum Gasteiger partial charge on any atom is 0.307 e. The van der Waals surface area contributed by atoms with E-state index in [4.69, 9.17) is 9.84 Å². The number of carbonyl (C=O) groups excluding carboxylic acids is 1. The van der Waals surface area contributed by atoms with E-state index in [-0.39, 0.29) is 5.91 Å². The number of halogens is 1. The molecule has 0 bridgehead atoms. The Hall–Kier alpha value is -1.40. The second-order valence-electron chi connectivity index (χ2n) is 5.98. The molecule has 1 aromatic carbocycles. The fourth-order valence-corrected chi connectivity index (χ4v) is 3.33. The van der Waals surface area contributed by atoms with Crippen LogP contribution in [0.2, 0.25) is 0 Å². The molecular weight excluding hydrogens is 350 g/mol. The van der Waals surface area contributed by atoms with Gasteiger partial charge in [0, 0.05) is 17.7 Å². The summed E-state index contributed by atoms with van der Waals surface area (Å²) in [5, 5.41) is 12.1. The zero-order chi connectivity index (χ0) is 15.7. The highest BCUT2D eigenvalue weighted by Crippen LogP contribution is 2.41. The first-order valence-electron chi connectivity index (χ1n) is 7.40. The van der Waals surface area contributed by atoms with Crippen LogP contribution in [0.4, 0.5) is 0 Å². The number of aliphatic carboxylic acids is 1. The number of nitrogens with one attached hydrogen (secondary N) is 1. The van der Waals surface area contributed by atoms with Crippen LogP contribution in [0.1, 0.15) is 24.8 Å². The average Bonchev–Trinajstić information content (AvgIpc) is 3.29. The van der Waals surface area contributed by atoms with Gasteiger partial charge in [0.05, 0.1) is 17.4 Å². The molecule has 1 saturated heterocycles. The van der Waals surface area contributed by atoms with Crippen LogP contribution in [0.25, 0.3) is 0 Å². The van der Waals surface area contributed by atoms with Gasteiger partial charge in [0.15, 0.2) is 0 Å². The van der Waals surface area contributed by atoms with E-state index < -0.39 is 23.3 Å². The first kappa shape index (κ1) is 15.5. The molecule has 0 radical (unpaired) electrons. The Morgan fingerprint density at radius 2 is 1.82 bits per heavy atom. The maximum absolute atomic E-state index is 12.4. The van der Waals surface area contributed by atoms with Crippen molar-refractivity contribution in [3.63, 3.8) is 0 Å². The van der Waals surface area contributed by atoms with Crippen LogP contribution in [0.15, 0.2) is 28.7 Å². The number of rotatable bonds is 4. The van der Waals surface area contributed by atoms with Crippen LogP contribution >= 0.6 is 15.9 Å². The van der Waals surface area contributed by atoms with Gasteiger partial charge in [-0.25, -0.2) is 0 Å². The molecule has 0 spiro atoms. The fourth-order valence-electron chi connectivity index (χ4n) is 3.06. The van der Waals surface area contributed by atoms with Crippen LogP contribution in [-0.4, -0.2) is 30.2 Å². The summed E-state index contributed by atoms with van der Waals surface area (Å²) < 4.78 is 6.42. The van der Waals surface area contributed by atoms with Gasteiger partial charge in [-0.1, -0.05) is 28.1 Å². The molecule has 2 aliphatic rings. The monoisotopic (exact) mass is 367 g/mol. The van der Waals surface area contributed by atoms with Crippen molar-refractivity contribution in [2.24, 2.45) is 11.8 Å². The van der Waals surface area contributed by atoms with E-state index in [1.165, 1.54) is 0 Å². The summed E-state index contributed by atoms with van der Waals surface area (Å²) in [7, 11) is 0. The largest absolute Gasteiger partial charge is 0.481 e. The van der Waals surface area contributed by atoms with Gasteiger partial charge in [-0.3, -0.25) is 9.59 Å². The zero-order valence-electron chi connectivity index (χ0n) is 12.0. The molecule has 6 heteroatoms. The molecule has 1 aliphatic heterocycles. The number of carbonyl (C=O) groups is 2. The first-order valence-corrected chi connectivity index (χ1v) is 8.20. The van der Waals surface area contributed by atoms with E-state index in [0.717, 1.165) is 10.0 Å². The van der Waals surface area contributed by atoms with Crippen molar-refractivity contribution >= 4 is 27.8 Å². The van der Waals surface area contributed by atoms with Gasteiger partial charge >= 0.3 is 5.97 Å². The molecule has 1 amide bonds. The van der Waals surface area contributed by atoms with Crippen LogP contribution in [0.3, 0.4) is 0 Å². The van der Waals surface area contributed by atoms with Gasteiger partial charge in [0.2, 0.25) is 5.91 Å². The zero-order valence-corrected chi connectivity index (χ0v) is 13.6. The van der Waals surface area contributed by atoms with Crippen LogP contribution in [0, 0.1) is 11.8 Å². The Morgan fingerprint density at radius 1 is 1.18 bits per heavy atom. The third-order valence-electron chi connectivity index (χ3n) is 4.55. The highest BCUT2D eigenvalue weighted by molar-refractivity contribution is 9.10. The van der Waals surface area contributed by atoms with Gasteiger partial charge in [0.25, 0.3) is 0 Å². The number of hydrogen-bond acceptors (Lipinski definition) is 3. The van der Waals surface area contributed by atoms with E-state index >= 15 is 0 Å². The molecule has 3 rings (SSSR count). The molecule has 1 aliphatic carbocycles. The minimum atomic E-state index is -0.884. The van der Waals surface area contributed by atoms with Crippen LogP contribution < -0.4 is 5.32 Å². The van der Waals surface area contributed by atoms with Gasteiger partial charge in [-0.2, -0.15) is 0 Å². The second-order valence-corrected chi connectivity index (χ2v) is 6.89. The van der Waals surface area contributed by atoms with Crippen LogP contribution in [-0.2, 0) is 19.9 Å². The lowest BCUT2D eigenvalue weighted by Gasteiger charge is -2.38. The smallest absolute Gasteiger partial charge is 0.307 e. The van der Waals surface area contributed by atoms with Gasteiger partial charge in [-0.05, 0) is 37.0 Å². The molecule has 5 nitrogen and oxygen atoms in total. The van der Waals surface area contributed by atoms with Crippen molar-refractivity contribution in [1.82, 2.24) is 5.32 Å². The molecular formula is C16H18BrNO4. The van der Waals surface area contributed by atoms with Crippen molar-refractivity contribution in [3.05, 3.63) is 34.3 Å². The van der Waals surface area contributed by atoms with E-state index in [9.17, 15) is 9.59 Å². The molecule has 0 aromatic heterocycles. The average molecular weight is 368 g/mol. The number of carboxylic acid groups (broad SMARTS) is 1. The number of carboxylic acids is 1. The molecule has 1 aromatic rings. The summed E-state index contributed by atoms with van der Waals surface area (Å²) in [6, 6.07) is 7.90. The lowest BCUT2D eigenvalue weighted by Crippen LogP contribution is -2.50. The Bertz CT molecular complexity index is 580. The normalized spacial score (nSPS) is 26.2. The SMILES string of the molecule is O=C(O)[C@H]1C[C@@H]1C(=O)NC1(c2ccc(Br)cc2)CCOCC1. The highest BCUT2D eigenvalue weighted by Gasteiger charge is 2.50. The fraction of sp³-hybridized carbons (Fsp3) is 0.500. The minimum Gasteiger partial charge on any atom is -0.481 e. The topological polar surface area (TPSA) is 75.6 Å². The van der Waals surface area contributed by atoms with Gasteiger partial charge in [-0.15, -0.1) is 0 Å². The summed E-state index contributed by atoms with van der Waals surface area (Å²) in [5.74, 6) is -1.96. The van der Waals surface area contributed by atoms with Gasteiger partial charge < -0.3 is 15.2 Å². The van der Waals surface area contributed by atoms with Gasteiger partial charge in [0.1, 0.15) is 0 Å². The number of amides is 1. The van der Waals surface area contributed by atoms with Crippen molar-refractivity contribution in [2.75, 3.05) is 13.2 Å². The van der Waals surface area contributed by atoms with Crippen molar-refractivity contribution < 1.29 is 19.4 Å². The molecule has 1 heterocycles. The number of hydrogen-bond donors (Lipinski definition) is 2. The van der Waals surface area contributed by atoms with E-state index in [0.29, 0.717) is 32.5 Å².